The quantitative estimate of drug-likeness (QED) is 0.309. The first kappa shape index (κ1) is 24.1. The van der Waals surface area contributed by atoms with Crippen LogP contribution in [-0.2, 0) is 7.05 Å². The van der Waals surface area contributed by atoms with Gasteiger partial charge >= 0.3 is 0 Å². The molecule has 5 rings (SSSR count). The molecule has 0 saturated carbocycles. The van der Waals surface area contributed by atoms with Gasteiger partial charge in [0.1, 0.15) is 29.1 Å². The summed E-state index contributed by atoms with van der Waals surface area (Å²) in [5.74, 6) is 0.836. The summed E-state index contributed by atoms with van der Waals surface area (Å²) >= 11 is 0. The van der Waals surface area contributed by atoms with Gasteiger partial charge in [0.15, 0.2) is 0 Å². The van der Waals surface area contributed by atoms with Crippen LogP contribution in [0.15, 0.2) is 91.3 Å². The molecule has 0 unspecified atom stereocenters. The number of hydrogen-bond acceptors (Lipinski definition) is 4. The number of nitrogens with zero attached hydrogens (tertiary/aromatic N) is 3. The lowest BCUT2D eigenvalue weighted by molar-refractivity contribution is 0.0874. The Labute approximate surface area is 214 Å². The molecular formula is C29H27FN4O3. The summed E-state index contributed by atoms with van der Waals surface area (Å²) in [6, 6.07) is 22.7. The van der Waals surface area contributed by atoms with E-state index in [1.54, 1.807) is 40.8 Å². The lowest BCUT2D eigenvalue weighted by Gasteiger charge is -2.27. The Morgan fingerprint density at radius 1 is 1.00 bits per heavy atom. The predicted molar refractivity (Wildman–Crippen MR) is 140 cm³/mol. The van der Waals surface area contributed by atoms with E-state index < -0.39 is 6.10 Å². The topological polar surface area (TPSA) is 70.3 Å². The van der Waals surface area contributed by atoms with Crippen LogP contribution in [0.3, 0.4) is 0 Å². The summed E-state index contributed by atoms with van der Waals surface area (Å²) in [7, 11) is 3.44. The number of amides is 1. The predicted octanol–water partition coefficient (Wildman–Crippen LogP) is 5.45. The lowest BCUT2D eigenvalue weighted by Crippen LogP contribution is -2.39. The monoisotopic (exact) mass is 498 g/mol. The summed E-state index contributed by atoms with van der Waals surface area (Å²) in [5.41, 5.74) is 3.05. The van der Waals surface area contributed by atoms with Gasteiger partial charge in [-0.2, -0.15) is 5.10 Å². The van der Waals surface area contributed by atoms with Crippen molar-refractivity contribution in [1.29, 1.82) is 0 Å². The number of methoxy groups -OCH3 is 1. The van der Waals surface area contributed by atoms with E-state index in [4.69, 9.17) is 9.47 Å². The number of nitrogens with one attached hydrogen (secondary N) is 1. The van der Waals surface area contributed by atoms with Crippen LogP contribution in [0.25, 0.3) is 16.6 Å². The highest BCUT2D eigenvalue weighted by atomic mass is 19.1. The largest absolute Gasteiger partial charge is 0.497 e. The van der Waals surface area contributed by atoms with Crippen LogP contribution in [0.1, 0.15) is 29.1 Å². The molecule has 1 N–H and O–H groups in total. The summed E-state index contributed by atoms with van der Waals surface area (Å²) in [6.07, 6.45) is 3.08. The SMILES string of the molecule is COc1cccc([C@H](Oc2ccc3c(cnn3-c3ccc(F)cc3)c2)[C@H](C)NC(=O)c2cccn2C)c1. The van der Waals surface area contributed by atoms with E-state index in [1.807, 2.05) is 68.7 Å². The zero-order chi connectivity index (χ0) is 25.9. The van der Waals surface area contributed by atoms with Gasteiger partial charge in [0.2, 0.25) is 0 Å². The van der Waals surface area contributed by atoms with Gasteiger partial charge in [-0.3, -0.25) is 4.79 Å². The number of aryl methyl sites for hydroxylation is 1. The number of carbonyl (C=O) groups is 1. The average Bonchev–Trinajstić information content (AvgIpc) is 3.53. The van der Waals surface area contributed by atoms with Crippen molar-refractivity contribution in [2.45, 2.75) is 19.1 Å². The van der Waals surface area contributed by atoms with Gasteiger partial charge in [-0.25, -0.2) is 9.07 Å². The van der Waals surface area contributed by atoms with Gasteiger partial charge in [-0.1, -0.05) is 12.1 Å². The molecule has 5 aromatic rings. The molecule has 2 aromatic heterocycles. The fraction of sp³-hybridized carbons (Fsp3) is 0.172. The number of carbonyl (C=O) groups excluding carboxylic acids is 1. The molecule has 0 bridgehead atoms. The van der Waals surface area contributed by atoms with Crippen molar-refractivity contribution in [3.8, 4) is 17.2 Å². The van der Waals surface area contributed by atoms with Crippen LogP contribution in [0.5, 0.6) is 11.5 Å². The molecule has 3 aromatic carbocycles. The standard InChI is InChI=1S/C29H27FN4O3/c1-19(32-29(35)27-8-5-15-33(27)2)28(20-6-4-7-24(16-20)36-3)37-25-13-14-26-21(17-25)18-31-34(26)23-11-9-22(30)10-12-23/h4-19,28H,1-3H3,(H,32,35)/t19-,28+/m0/s1. The molecule has 7 nitrogen and oxygen atoms in total. The number of ether oxygens (including phenoxy) is 2. The Morgan fingerprint density at radius 3 is 2.54 bits per heavy atom. The van der Waals surface area contributed by atoms with Gasteiger partial charge in [0, 0.05) is 18.6 Å². The number of aromatic nitrogens is 3. The highest BCUT2D eigenvalue weighted by Gasteiger charge is 2.25. The van der Waals surface area contributed by atoms with Gasteiger partial charge in [0.25, 0.3) is 5.91 Å². The van der Waals surface area contributed by atoms with E-state index >= 15 is 0 Å². The van der Waals surface area contributed by atoms with Crippen molar-refractivity contribution in [3.63, 3.8) is 0 Å². The third kappa shape index (κ3) is 5.04. The molecule has 2 heterocycles. The minimum Gasteiger partial charge on any atom is -0.497 e. The Balaban J connectivity index is 1.45. The Kier molecular flexibility index (Phi) is 6.64. The molecular weight excluding hydrogens is 471 g/mol. The van der Waals surface area contributed by atoms with E-state index in [0.717, 1.165) is 22.2 Å². The molecule has 2 atom stereocenters. The molecule has 0 radical (unpaired) electrons. The maximum Gasteiger partial charge on any atom is 0.268 e. The molecule has 37 heavy (non-hydrogen) atoms. The van der Waals surface area contributed by atoms with Crippen LogP contribution in [0, 0.1) is 5.82 Å². The zero-order valence-corrected chi connectivity index (χ0v) is 20.8. The fourth-order valence-electron chi connectivity index (χ4n) is 4.35. The summed E-state index contributed by atoms with van der Waals surface area (Å²) < 4.78 is 28.8. The molecule has 0 aliphatic carbocycles. The zero-order valence-electron chi connectivity index (χ0n) is 20.8. The minimum atomic E-state index is -0.496. The minimum absolute atomic E-state index is 0.187. The highest BCUT2D eigenvalue weighted by molar-refractivity contribution is 5.93. The van der Waals surface area contributed by atoms with Crippen molar-refractivity contribution in [2.24, 2.45) is 7.05 Å². The summed E-state index contributed by atoms with van der Waals surface area (Å²) in [4.78, 5) is 12.9. The normalized spacial score (nSPS) is 12.8. The van der Waals surface area contributed by atoms with Crippen LogP contribution < -0.4 is 14.8 Å². The summed E-state index contributed by atoms with van der Waals surface area (Å²) in [5, 5.41) is 8.41. The van der Waals surface area contributed by atoms with E-state index in [-0.39, 0.29) is 17.8 Å². The Bertz CT molecular complexity index is 1540. The third-order valence-electron chi connectivity index (χ3n) is 6.29. The van der Waals surface area contributed by atoms with Crippen LogP contribution >= 0.6 is 0 Å². The molecule has 0 saturated heterocycles. The maximum absolute atomic E-state index is 13.4. The first-order valence-corrected chi connectivity index (χ1v) is 11.9. The molecule has 0 fully saturated rings. The van der Waals surface area contributed by atoms with Crippen molar-refractivity contribution in [2.75, 3.05) is 7.11 Å². The van der Waals surface area contributed by atoms with Gasteiger partial charge in [-0.15, -0.1) is 0 Å². The van der Waals surface area contributed by atoms with Gasteiger partial charge in [0.05, 0.1) is 30.6 Å². The van der Waals surface area contributed by atoms with E-state index in [9.17, 15) is 9.18 Å². The van der Waals surface area contributed by atoms with Gasteiger partial charge in [-0.05, 0) is 79.2 Å². The molecule has 8 heteroatoms. The van der Waals surface area contributed by atoms with Crippen LogP contribution in [-0.4, -0.2) is 33.4 Å². The number of fused-ring (bicyclic) bond motifs is 1. The van der Waals surface area contributed by atoms with Crippen LogP contribution in [0.2, 0.25) is 0 Å². The van der Waals surface area contributed by atoms with Crippen molar-refractivity contribution < 1.29 is 18.7 Å². The maximum atomic E-state index is 13.4. The molecule has 0 spiro atoms. The van der Waals surface area contributed by atoms with Crippen molar-refractivity contribution in [3.05, 3.63) is 108 Å². The fourth-order valence-corrected chi connectivity index (χ4v) is 4.35. The number of rotatable bonds is 8. The average molecular weight is 499 g/mol. The second kappa shape index (κ2) is 10.2. The third-order valence-corrected chi connectivity index (χ3v) is 6.29. The highest BCUT2D eigenvalue weighted by Crippen LogP contribution is 2.30. The first-order chi connectivity index (χ1) is 17.9. The molecule has 0 aliphatic heterocycles. The van der Waals surface area contributed by atoms with E-state index in [2.05, 4.69) is 10.4 Å². The molecule has 188 valence electrons. The second-order valence-electron chi connectivity index (χ2n) is 8.83. The number of benzene rings is 3. The van der Waals surface area contributed by atoms with Crippen molar-refractivity contribution >= 4 is 16.8 Å². The number of halogens is 1. The molecule has 1 amide bonds. The second-order valence-corrected chi connectivity index (χ2v) is 8.83. The van der Waals surface area contributed by atoms with E-state index in [1.165, 1.54) is 12.1 Å². The smallest absolute Gasteiger partial charge is 0.268 e. The van der Waals surface area contributed by atoms with Crippen molar-refractivity contribution in [1.82, 2.24) is 19.7 Å². The van der Waals surface area contributed by atoms with Crippen LogP contribution in [0.4, 0.5) is 4.39 Å². The van der Waals surface area contributed by atoms with E-state index in [0.29, 0.717) is 17.2 Å². The van der Waals surface area contributed by atoms with Gasteiger partial charge < -0.3 is 19.4 Å². The first-order valence-electron chi connectivity index (χ1n) is 11.9. The molecule has 0 aliphatic rings. The number of hydrogen-bond donors (Lipinski definition) is 1. The Morgan fingerprint density at radius 2 is 1.81 bits per heavy atom. The Hall–Kier alpha value is -4.59. The summed E-state index contributed by atoms with van der Waals surface area (Å²) in [6.45, 7) is 1.91. The lowest BCUT2D eigenvalue weighted by atomic mass is 10.0.